The molecule has 7 heteroatoms. The summed E-state index contributed by atoms with van der Waals surface area (Å²) in [5, 5.41) is 10.8. The summed E-state index contributed by atoms with van der Waals surface area (Å²) in [7, 11) is 3.32. The molecule has 1 aromatic heterocycles. The van der Waals surface area contributed by atoms with Crippen LogP contribution in [0.1, 0.15) is 50.0 Å². The minimum Gasteiger partial charge on any atom is -0.469 e. The molecule has 0 bridgehead atoms. The number of rotatable bonds is 4. The van der Waals surface area contributed by atoms with Gasteiger partial charge in [0, 0.05) is 38.3 Å². The van der Waals surface area contributed by atoms with Crippen molar-refractivity contribution in [2.75, 3.05) is 20.2 Å². The lowest BCUT2D eigenvalue weighted by atomic mass is 9.85. The number of nitrogens with zero attached hydrogens (tertiary/aromatic N) is 2. The maximum atomic E-state index is 13.0. The van der Waals surface area contributed by atoms with Gasteiger partial charge in [-0.25, -0.2) is 0 Å². The smallest absolute Gasteiger partial charge is 0.310 e. The number of hydrogen-bond acceptors (Lipinski definition) is 5. The molecule has 7 nitrogen and oxygen atoms in total. The standard InChI is InChI=1S/C19H30N4O3/c1-23-12-13(9-21-23)15-10-20-11-16(15)18(24)22-17-8-6-4-3-5-7-14(17)19(25)26-2/h9,12,14-17,20H,3-8,10-11H2,1-2H3,(H,22,24)/t14?,15-,16+,17?/m1/s1. The van der Waals surface area contributed by atoms with Gasteiger partial charge in [0.25, 0.3) is 0 Å². The number of nitrogens with one attached hydrogen (secondary N) is 2. The van der Waals surface area contributed by atoms with Gasteiger partial charge in [-0.2, -0.15) is 5.10 Å². The van der Waals surface area contributed by atoms with Crippen LogP contribution in [0.2, 0.25) is 0 Å². The quantitative estimate of drug-likeness (QED) is 0.790. The molecule has 1 aliphatic heterocycles. The summed E-state index contributed by atoms with van der Waals surface area (Å²) in [6.07, 6.45) is 9.78. The highest BCUT2D eigenvalue weighted by molar-refractivity contribution is 5.82. The molecule has 2 fully saturated rings. The molecule has 2 heterocycles. The van der Waals surface area contributed by atoms with E-state index >= 15 is 0 Å². The monoisotopic (exact) mass is 362 g/mol. The average Bonchev–Trinajstić information content (AvgIpc) is 3.25. The predicted octanol–water partition coefficient (Wildman–Crippen LogP) is 1.35. The number of amides is 1. The molecule has 0 spiro atoms. The molecular formula is C19H30N4O3. The first kappa shape index (κ1) is 18.9. The van der Waals surface area contributed by atoms with Crippen LogP contribution in [0.5, 0.6) is 0 Å². The van der Waals surface area contributed by atoms with Crippen molar-refractivity contribution in [2.24, 2.45) is 18.9 Å². The summed E-state index contributed by atoms with van der Waals surface area (Å²) in [6, 6.07) is -0.134. The highest BCUT2D eigenvalue weighted by Crippen LogP contribution is 2.29. The van der Waals surface area contributed by atoms with Gasteiger partial charge in [0.05, 0.1) is 25.1 Å². The largest absolute Gasteiger partial charge is 0.469 e. The Balaban J connectivity index is 1.70. The van der Waals surface area contributed by atoms with E-state index in [2.05, 4.69) is 15.7 Å². The molecule has 0 radical (unpaired) electrons. The van der Waals surface area contributed by atoms with Crippen LogP contribution in [0.4, 0.5) is 0 Å². The molecule has 1 saturated carbocycles. The van der Waals surface area contributed by atoms with Crippen molar-refractivity contribution in [3.8, 4) is 0 Å². The van der Waals surface area contributed by atoms with Crippen molar-refractivity contribution < 1.29 is 14.3 Å². The van der Waals surface area contributed by atoms with Crippen LogP contribution < -0.4 is 10.6 Å². The number of carbonyl (C=O) groups is 2. The second-order valence-corrected chi connectivity index (χ2v) is 7.55. The molecule has 1 saturated heterocycles. The molecule has 144 valence electrons. The van der Waals surface area contributed by atoms with Gasteiger partial charge in [-0.05, 0) is 18.4 Å². The zero-order valence-electron chi connectivity index (χ0n) is 15.7. The third-order valence-corrected chi connectivity index (χ3v) is 5.80. The lowest BCUT2D eigenvalue weighted by Crippen LogP contribution is -2.47. The highest BCUT2D eigenvalue weighted by Gasteiger charge is 2.38. The summed E-state index contributed by atoms with van der Waals surface area (Å²) in [5.41, 5.74) is 1.08. The Morgan fingerprint density at radius 2 is 1.96 bits per heavy atom. The fraction of sp³-hybridized carbons (Fsp3) is 0.737. The fourth-order valence-corrected chi connectivity index (χ4v) is 4.32. The van der Waals surface area contributed by atoms with E-state index in [1.807, 2.05) is 19.4 Å². The summed E-state index contributed by atoms with van der Waals surface area (Å²) in [6.45, 7) is 1.43. The van der Waals surface area contributed by atoms with E-state index < -0.39 is 0 Å². The third kappa shape index (κ3) is 4.26. The van der Waals surface area contributed by atoms with E-state index in [9.17, 15) is 9.59 Å². The van der Waals surface area contributed by atoms with Crippen LogP contribution in [-0.4, -0.2) is 47.9 Å². The number of aryl methyl sites for hydroxylation is 1. The molecule has 1 aliphatic carbocycles. The van der Waals surface area contributed by atoms with Crippen LogP contribution in [0.3, 0.4) is 0 Å². The minimum absolute atomic E-state index is 0.0309. The van der Waals surface area contributed by atoms with E-state index in [4.69, 9.17) is 4.74 Å². The highest BCUT2D eigenvalue weighted by atomic mass is 16.5. The molecule has 3 rings (SSSR count). The SMILES string of the molecule is COC(=O)C1CCCCCCC1NC(=O)[C@H]1CNC[C@@H]1c1cnn(C)c1. The Morgan fingerprint density at radius 1 is 1.19 bits per heavy atom. The molecule has 2 unspecified atom stereocenters. The van der Waals surface area contributed by atoms with Gasteiger partial charge >= 0.3 is 5.97 Å². The first-order chi connectivity index (χ1) is 12.6. The zero-order chi connectivity index (χ0) is 18.5. The van der Waals surface area contributed by atoms with Crippen molar-refractivity contribution in [1.82, 2.24) is 20.4 Å². The van der Waals surface area contributed by atoms with Gasteiger partial charge in [-0.15, -0.1) is 0 Å². The van der Waals surface area contributed by atoms with E-state index in [0.29, 0.717) is 6.54 Å². The number of ether oxygens (including phenoxy) is 1. The summed E-state index contributed by atoms with van der Waals surface area (Å²) >= 11 is 0. The number of esters is 1. The maximum absolute atomic E-state index is 13.0. The summed E-state index contributed by atoms with van der Waals surface area (Å²) in [4.78, 5) is 25.3. The molecule has 0 aromatic carbocycles. The van der Waals surface area contributed by atoms with E-state index in [1.165, 1.54) is 7.11 Å². The van der Waals surface area contributed by atoms with Crippen LogP contribution in [-0.2, 0) is 21.4 Å². The molecule has 1 amide bonds. The normalized spacial score (nSPS) is 29.6. The van der Waals surface area contributed by atoms with E-state index in [-0.39, 0.29) is 35.7 Å². The van der Waals surface area contributed by atoms with Gasteiger partial charge in [-0.3, -0.25) is 14.3 Å². The van der Waals surface area contributed by atoms with Gasteiger partial charge in [0.15, 0.2) is 0 Å². The van der Waals surface area contributed by atoms with Crippen molar-refractivity contribution in [3.05, 3.63) is 18.0 Å². The molecule has 2 N–H and O–H groups in total. The topological polar surface area (TPSA) is 85.2 Å². The first-order valence-electron chi connectivity index (χ1n) is 9.67. The number of methoxy groups -OCH3 is 1. The molecule has 26 heavy (non-hydrogen) atoms. The molecular weight excluding hydrogens is 332 g/mol. The average molecular weight is 362 g/mol. The van der Waals surface area contributed by atoms with Crippen LogP contribution in [0.15, 0.2) is 12.4 Å². The molecule has 1 aromatic rings. The Labute approximate surface area is 154 Å². The lowest BCUT2D eigenvalue weighted by Gasteiger charge is -2.30. The van der Waals surface area contributed by atoms with Gasteiger partial charge in [0.2, 0.25) is 5.91 Å². The van der Waals surface area contributed by atoms with Gasteiger partial charge in [-0.1, -0.05) is 25.7 Å². The third-order valence-electron chi connectivity index (χ3n) is 5.80. The van der Waals surface area contributed by atoms with E-state index in [0.717, 1.165) is 50.6 Å². The van der Waals surface area contributed by atoms with Crippen LogP contribution in [0, 0.1) is 11.8 Å². The molecule has 2 aliphatic rings. The van der Waals surface area contributed by atoms with Crippen molar-refractivity contribution in [3.63, 3.8) is 0 Å². The van der Waals surface area contributed by atoms with E-state index in [1.54, 1.807) is 4.68 Å². The lowest BCUT2D eigenvalue weighted by molar-refractivity contribution is -0.147. The zero-order valence-corrected chi connectivity index (χ0v) is 15.7. The Morgan fingerprint density at radius 3 is 2.65 bits per heavy atom. The minimum atomic E-state index is -0.240. The van der Waals surface area contributed by atoms with Gasteiger partial charge < -0.3 is 15.4 Å². The Bertz CT molecular complexity index is 630. The second kappa shape index (κ2) is 8.66. The van der Waals surface area contributed by atoms with Crippen molar-refractivity contribution in [2.45, 2.75) is 50.5 Å². The predicted molar refractivity (Wildman–Crippen MR) is 97.4 cm³/mol. The fourth-order valence-electron chi connectivity index (χ4n) is 4.32. The summed E-state index contributed by atoms with van der Waals surface area (Å²) in [5.74, 6) is -0.430. The second-order valence-electron chi connectivity index (χ2n) is 7.55. The molecule has 4 atom stereocenters. The van der Waals surface area contributed by atoms with Crippen LogP contribution >= 0.6 is 0 Å². The number of carbonyl (C=O) groups excluding carboxylic acids is 2. The summed E-state index contributed by atoms with van der Waals surface area (Å²) < 4.78 is 6.77. The van der Waals surface area contributed by atoms with Crippen molar-refractivity contribution in [1.29, 1.82) is 0 Å². The maximum Gasteiger partial charge on any atom is 0.310 e. The van der Waals surface area contributed by atoms with Crippen molar-refractivity contribution >= 4 is 11.9 Å². The Hall–Kier alpha value is -1.89. The first-order valence-corrected chi connectivity index (χ1v) is 9.67. The number of aromatic nitrogens is 2. The van der Waals surface area contributed by atoms with Gasteiger partial charge in [0.1, 0.15) is 0 Å². The number of hydrogen-bond donors (Lipinski definition) is 2. The Kier molecular flexibility index (Phi) is 6.29. The van der Waals surface area contributed by atoms with Crippen LogP contribution in [0.25, 0.3) is 0 Å².